The standard InChI is InChI=1S/C26H22ClN5O3/c1-17-7-9-19(10-8-17)15-32-25(27)20(18(2)30-32)11-12-24(33)35-16-23-29-22-6-4-3-5-21(22)26(34)31(23)14-13-28/h3-12H,14-16H2,1-2H3/b12-11+. The number of para-hydroxylation sites is 1. The number of fused-ring (bicyclic) bond motifs is 1. The maximum Gasteiger partial charge on any atom is 0.331 e. The molecule has 0 aliphatic rings. The van der Waals surface area contributed by atoms with Gasteiger partial charge in [-0.1, -0.05) is 53.6 Å². The second-order valence-corrected chi connectivity index (χ2v) is 8.33. The molecule has 0 aliphatic carbocycles. The van der Waals surface area contributed by atoms with Gasteiger partial charge in [0.15, 0.2) is 5.82 Å². The highest BCUT2D eigenvalue weighted by Crippen LogP contribution is 2.22. The molecule has 4 rings (SSSR count). The molecule has 2 aromatic carbocycles. The third-order valence-electron chi connectivity index (χ3n) is 5.46. The fourth-order valence-corrected chi connectivity index (χ4v) is 3.92. The van der Waals surface area contributed by atoms with Crippen molar-refractivity contribution in [3.63, 3.8) is 0 Å². The number of hydrogen-bond donors (Lipinski definition) is 0. The van der Waals surface area contributed by atoms with E-state index in [1.807, 2.05) is 44.2 Å². The van der Waals surface area contributed by atoms with Crippen LogP contribution in [0.4, 0.5) is 0 Å². The summed E-state index contributed by atoms with van der Waals surface area (Å²) in [6.07, 6.45) is 2.80. The van der Waals surface area contributed by atoms with Crippen LogP contribution in [0.25, 0.3) is 17.0 Å². The van der Waals surface area contributed by atoms with E-state index in [2.05, 4.69) is 10.1 Å². The number of nitriles is 1. The lowest BCUT2D eigenvalue weighted by molar-refractivity contribution is -0.139. The van der Waals surface area contributed by atoms with Crippen molar-refractivity contribution >= 4 is 34.5 Å². The fraction of sp³-hybridized carbons (Fsp3) is 0.192. The van der Waals surface area contributed by atoms with Gasteiger partial charge in [0.05, 0.1) is 29.2 Å². The molecule has 8 nitrogen and oxygen atoms in total. The summed E-state index contributed by atoms with van der Waals surface area (Å²) >= 11 is 6.51. The van der Waals surface area contributed by atoms with Gasteiger partial charge in [-0.25, -0.2) is 14.5 Å². The van der Waals surface area contributed by atoms with Crippen LogP contribution in [-0.2, 0) is 29.2 Å². The summed E-state index contributed by atoms with van der Waals surface area (Å²) in [6, 6.07) is 16.8. The zero-order valence-corrected chi connectivity index (χ0v) is 20.0. The Bertz CT molecular complexity index is 1530. The first-order chi connectivity index (χ1) is 16.9. The number of ether oxygens (including phenoxy) is 1. The van der Waals surface area contributed by atoms with Crippen LogP contribution in [0.3, 0.4) is 0 Å². The zero-order valence-electron chi connectivity index (χ0n) is 19.2. The third kappa shape index (κ3) is 5.31. The summed E-state index contributed by atoms with van der Waals surface area (Å²) in [7, 11) is 0. The number of aromatic nitrogens is 4. The molecule has 0 saturated heterocycles. The van der Waals surface area contributed by atoms with Gasteiger partial charge in [-0.2, -0.15) is 10.4 Å². The topological polar surface area (TPSA) is 103 Å². The van der Waals surface area contributed by atoms with Gasteiger partial charge >= 0.3 is 5.97 Å². The summed E-state index contributed by atoms with van der Waals surface area (Å²) in [4.78, 5) is 29.5. The summed E-state index contributed by atoms with van der Waals surface area (Å²) in [5, 5.41) is 14.4. The van der Waals surface area contributed by atoms with Crippen molar-refractivity contribution in [2.45, 2.75) is 33.5 Å². The Kier molecular flexibility index (Phi) is 7.09. The van der Waals surface area contributed by atoms with Gasteiger partial charge in [-0.3, -0.25) is 9.36 Å². The molecular weight excluding hydrogens is 466 g/mol. The number of aryl methyl sites for hydroxylation is 2. The van der Waals surface area contributed by atoms with Crippen LogP contribution >= 0.6 is 11.6 Å². The Labute approximate surface area is 206 Å². The predicted molar refractivity (Wildman–Crippen MR) is 133 cm³/mol. The van der Waals surface area contributed by atoms with Gasteiger partial charge < -0.3 is 4.74 Å². The van der Waals surface area contributed by atoms with E-state index in [9.17, 15) is 9.59 Å². The Balaban J connectivity index is 1.49. The lowest BCUT2D eigenvalue weighted by atomic mass is 10.1. The Morgan fingerprint density at radius 1 is 1.17 bits per heavy atom. The number of carbonyl (C=O) groups excluding carboxylic acids is 1. The Morgan fingerprint density at radius 2 is 1.91 bits per heavy atom. The molecule has 0 saturated carbocycles. The van der Waals surface area contributed by atoms with Crippen LogP contribution in [0, 0.1) is 25.2 Å². The number of halogens is 1. The van der Waals surface area contributed by atoms with Crippen molar-refractivity contribution in [3.8, 4) is 6.07 Å². The van der Waals surface area contributed by atoms with Crippen LogP contribution in [0.2, 0.25) is 5.15 Å². The number of esters is 1. The molecule has 9 heteroatoms. The summed E-state index contributed by atoms with van der Waals surface area (Å²) < 4.78 is 8.18. The van der Waals surface area contributed by atoms with Gasteiger partial charge in [0.1, 0.15) is 18.3 Å². The fourth-order valence-electron chi connectivity index (χ4n) is 3.62. The molecular formula is C26H22ClN5O3. The van der Waals surface area contributed by atoms with Gasteiger partial charge in [-0.15, -0.1) is 0 Å². The van der Waals surface area contributed by atoms with Crippen molar-refractivity contribution in [2.75, 3.05) is 0 Å². The van der Waals surface area contributed by atoms with Crippen LogP contribution in [0.5, 0.6) is 0 Å². The van der Waals surface area contributed by atoms with Crippen LogP contribution in [-0.4, -0.2) is 25.3 Å². The zero-order chi connectivity index (χ0) is 24.9. The molecule has 0 aliphatic heterocycles. The van der Waals surface area contributed by atoms with Crippen molar-refractivity contribution in [2.24, 2.45) is 0 Å². The molecule has 0 atom stereocenters. The first kappa shape index (κ1) is 23.9. The summed E-state index contributed by atoms with van der Waals surface area (Å²) in [5.74, 6) is -0.449. The second kappa shape index (κ2) is 10.4. The van der Waals surface area contributed by atoms with E-state index in [-0.39, 0.29) is 24.5 Å². The van der Waals surface area contributed by atoms with E-state index in [4.69, 9.17) is 21.6 Å². The second-order valence-electron chi connectivity index (χ2n) is 7.97. The molecule has 35 heavy (non-hydrogen) atoms. The van der Waals surface area contributed by atoms with E-state index >= 15 is 0 Å². The highest BCUT2D eigenvalue weighted by molar-refractivity contribution is 6.31. The highest BCUT2D eigenvalue weighted by Gasteiger charge is 2.14. The van der Waals surface area contributed by atoms with Crippen molar-refractivity contribution < 1.29 is 9.53 Å². The summed E-state index contributed by atoms with van der Waals surface area (Å²) in [6.45, 7) is 3.87. The Hall–Kier alpha value is -4.22. The van der Waals surface area contributed by atoms with E-state index in [0.29, 0.717) is 33.9 Å². The largest absolute Gasteiger partial charge is 0.454 e. The quantitative estimate of drug-likeness (QED) is 0.286. The number of hydrogen-bond acceptors (Lipinski definition) is 6. The third-order valence-corrected chi connectivity index (χ3v) is 5.86. The highest BCUT2D eigenvalue weighted by atomic mass is 35.5. The number of nitrogens with zero attached hydrogens (tertiary/aromatic N) is 5. The van der Waals surface area contributed by atoms with Crippen LogP contribution < -0.4 is 5.56 Å². The van der Waals surface area contributed by atoms with E-state index < -0.39 is 5.97 Å². The van der Waals surface area contributed by atoms with Gasteiger partial charge in [-0.05, 0) is 37.6 Å². The molecule has 0 spiro atoms. The van der Waals surface area contributed by atoms with E-state index in [1.165, 1.54) is 16.2 Å². The van der Waals surface area contributed by atoms with Gasteiger partial charge in [0.2, 0.25) is 0 Å². The number of rotatable bonds is 7. The van der Waals surface area contributed by atoms with Crippen molar-refractivity contribution in [1.29, 1.82) is 5.26 Å². The van der Waals surface area contributed by atoms with Gasteiger partial charge in [0.25, 0.3) is 5.56 Å². The lowest BCUT2D eigenvalue weighted by Gasteiger charge is -2.10. The average molecular weight is 488 g/mol. The molecule has 0 bridgehead atoms. The summed E-state index contributed by atoms with van der Waals surface area (Å²) in [5.41, 5.74) is 3.62. The SMILES string of the molecule is Cc1ccc(Cn2nc(C)c(/C=C/C(=O)OCc3nc4ccccc4c(=O)n3CC#N)c2Cl)cc1. The molecule has 2 aromatic heterocycles. The molecule has 4 aromatic rings. The number of benzene rings is 2. The van der Waals surface area contributed by atoms with Crippen molar-refractivity contribution in [3.05, 3.63) is 98.3 Å². The maximum atomic E-state index is 12.7. The molecule has 176 valence electrons. The molecule has 0 amide bonds. The maximum absolute atomic E-state index is 12.7. The number of carbonyl (C=O) groups is 1. The minimum absolute atomic E-state index is 0.192. The molecule has 0 N–H and O–H groups in total. The predicted octanol–water partition coefficient (Wildman–Crippen LogP) is 4.19. The molecule has 0 fully saturated rings. The Morgan fingerprint density at radius 3 is 2.66 bits per heavy atom. The van der Waals surface area contributed by atoms with Crippen LogP contribution in [0.15, 0.2) is 59.4 Å². The minimum atomic E-state index is -0.641. The smallest absolute Gasteiger partial charge is 0.331 e. The minimum Gasteiger partial charge on any atom is -0.454 e. The van der Waals surface area contributed by atoms with Crippen LogP contribution in [0.1, 0.15) is 28.2 Å². The first-order valence-electron chi connectivity index (χ1n) is 10.9. The molecule has 0 radical (unpaired) electrons. The van der Waals surface area contributed by atoms with E-state index in [1.54, 1.807) is 35.0 Å². The first-order valence-corrected chi connectivity index (χ1v) is 11.2. The average Bonchev–Trinajstić information content (AvgIpc) is 3.11. The molecule has 2 heterocycles. The van der Waals surface area contributed by atoms with E-state index in [0.717, 1.165) is 5.56 Å². The van der Waals surface area contributed by atoms with Crippen molar-refractivity contribution in [1.82, 2.24) is 19.3 Å². The van der Waals surface area contributed by atoms with Gasteiger partial charge in [0, 0.05) is 11.6 Å². The lowest BCUT2D eigenvalue weighted by Crippen LogP contribution is -2.26. The molecule has 0 unspecified atom stereocenters. The monoisotopic (exact) mass is 487 g/mol. The normalized spacial score (nSPS) is 11.1.